The molecule has 0 unspecified atom stereocenters. The fraction of sp³-hybridized carbons (Fsp3) is 0.0769. The number of hydrogen-bond acceptors (Lipinski definition) is 4. The van der Waals surface area contributed by atoms with Gasteiger partial charge in [-0.2, -0.15) is 8.42 Å². The molecule has 2 aromatic rings. The lowest BCUT2D eigenvalue weighted by molar-refractivity contribution is -0.115. The number of nitrogens with zero attached hydrogens (tertiary/aromatic N) is 1. The van der Waals surface area contributed by atoms with Gasteiger partial charge in [0.25, 0.3) is 0 Å². The van der Waals surface area contributed by atoms with E-state index in [9.17, 15) is 17.1 Å². The van der Waals surface area contributed by atoms with E-state index in [1.54, 1.807) is 24.4 Å². The topological polar surface area (TPSA) is 76.1 Å². The summed E-state index contributed by atoms with van der Waals surface area (Å²) in [4.78, 5) is 15.2. The molecule has 104 valence electrons. The first-order valence-electron chi connectivity index (χ1n) is 5.70. The van der Waals surface area contributed by atoms with E-state index in [-0.39, 0.29) is 12.1 Å². The molecule has 0 saturated carbocycles. The van der Waals surface area contributed by atoms with Crippen LogP contribution in [0.4, 0.5) is 9.57 Å². The monoisotopic (exact) mass is 294 g/mol. The number of anilines is 1. The predicted molar refractivity (Wildman–Crippen MR) is 71.3 cm³/mol. The van der Waals surface area contributed by atoms with Crippen LogP contribution in [0.5, 0.6) is 0 Å². The highest BCUT2D eigenvalue weighted by molar-refractivity contribution is 7.86. The summed E-state index contributed by atoms with van der Waals surface area (Å²) in [6.45, 7) is 0. The third-order valence-electron chi connectivity index (χ3n) is 2.49. The zero-order valence-electron chi connectivity index (χ0n) is 10.3. The highest BCUT2D eigenvalue weighted by atomic mass is 32.3. The number of carbonyl (C=O) groups excluding carboxylic acids is 1. The fourth-order valence-corrected chi connectivity index (χ4v) is 2.27. The molecule has 1 N–H and O–H groups in total. The molecular weight excluding hydrogens is 283 g/mol. The van der Waals surface area contributed by atoms with Gasteiger partial charge in [0.05, 0.1) is 12.1 Å². The maximum Gasteiger partial charge on any atom is 0.334 e. The number of nitrogens with one attached hydrogen (secondary N) is 1. The molecule has 1 aromatic carbocycles. The molecule has 1 heterocycles. The molecule has 7 heteroatoms. The third kappa shape index (κ3) is 3.61. The average molecular weight is 294 g/mol. The minimum absolute atomic E-state index is 0.0263. The van der Waals surface area contributed by atoms with Crippen molar-refractivity contribution in [3.05, 3.63) is 54.4 Å². The summed E-state index contributed by atoms with van der Waals surface area (Å²) in [6, 6.07) is 10.4. The molecule has 0 aliphatic carbocycles. The van der Waals surface area contributed by atoms with Crippen LogP contribution in [0.3, 0.4) is 0 Å². The average Bonchev–Trinajstić information content (AvgIpc) is 2.39. The van der Waals surface area contributed by atoms with Crippen LogP contribution in [0.15, 0.2) is 53.6 Å². The molecule has 2 rings (SSSR count). The first-order valence-corrected chi connectivity index (χ1v) is 7.08. The Bertz CT molecular complexity index is 717. The number of carbonyl (C=O) groups is 1. The number of benzene rings is 1. The van der Waals surface area contributed by atoms with Crippen molar-refractivity contribution in [2.45, 2.75) is 11.3 Å². The summed E-state index contributed by atoms with van der Waals surface area (Å²) in [7, 11) is -4.88. The quantitative estimate of drug-likeness (QED) is 0.874. The maximum atomic E-state index is 13.1. The molecule has 5 nitrogen and oxygen atoms in total. The largest absolute Gasteiger partial charge is 0.334 e. The number of hydrogen-bond donors (Lipinski definition) is 1. The molecule has 0 atom stereocenters. The fourth-order valence-electron chi connectivity index (χ4n) is 1.64. The van der Waals surface area contributed by atoms with Gasteiger partial charge in [-0.15, -0.1) is 3.89 Å². The van der Waals surface area contributed by atoms with Gasteiger partial charge in [-0.25, -0.2) is 0 Å². The van der Waals surface area contributed by atoms with E-state index in [0.29, 0.717) is 5.69 Å². The standard InChI is InChI=1S/C13H11FN2O3S/c14-20(18,19)12-7-2-1-6-11(12)16-13(17)9-10-5-3-4-8-15-10/h1-8H,9H2,(H,16,17). The van der Waals surface area contributed by atoms with Crippen LogP contribution in [0.1, 0.15) is 5.69 Å². The molecule has 0 aliphatic heterocycles. The Morgan fingerprint density at radius 2 is 1.85 bits per heavy atom. The van der Waals surface area contributed by atoms with Gasteiger partial charge in [0.1, 0.15) is 4.90 Å². The Balaban J connectivity index is 2.17. The zero-order valence-corrected chi connectivity index (χ0v) is 11.1. The summed E-state index contributed by atoms with van der Waals surface area (Å²) in [5.74, 6) is -0.472. The normalized spacial score (nSPS) is 11.1. The molecule has 0 saturated heterocycles. The van der Waals surface area contributed by atoms with E-state index in [2.05, 4.69) is 10.3 Å². The Hall–Kier alpha value is -2.28. The SMILES string of the molecule is O=C(Cc1ccccn1)Nc1ccccc1S(=O)(=O)F. The van der Waals surface area contributed by atoms with Crippen molar-refractivity contribution in [2.24, 2.45) is 0 Å². The van der Waals surface area contributed by atoms with Gasteiger partial charge < -0.3 is 5.32 Å². The number of aromatic nitrogens is 1. The van der Waals surface area contributed by atoms with Crippen LogP contribution in [0, 0.1) is 0 Å². The zero-order chi connectivity index (χ0) is 14.6. The van der Waals surface area contributed by atoms with Crippen LogP contribution in [-0.2, 0) is 21.4 Å². The van der Waals surface area contributed by atoms with Crippen molar-refractivity contribution in [3.8, 4) is 0 Å². The lowest BCUT2D eigenvalue weighted by atomic mass is 10.2. The predicted octanol–water partition coefficient (Wildman–Crippen LogP) is 1.92. The van der Waals surface area contributed by atoms with Gasteiger partial charge in [0, 0.05) is 11.9 Å². The van der Waals surface area contributed by atoms with E-state index in [0.717, 1.165) is 6.07 Å². The van der Waals surface area contributed by atoms with Crippen molar-refractivity contribution in [3.63, 3.8) is 0 Å². The highest BCUT2D eigenvalue weighted by Crippen LogP contribution is 2.22. The molecular formula is C13H11FN2O3S. The first kappa shape index (κ1) is 14.1. The summed E-state index contributed by atoms with van der Waals surface area (Å²) >= 11 is 0. The Labute approximate surface area is 115 Å². The maximum absolute atomic E-state index is 13.1. The van der Waals surface area contributed by atoms with Crippen molar-refractivity contribution in [1.29, 1.82) is 0 Å². The first-order chi connectivity index (χ1) is 9.47. The third-order valence-corrected chi connectivity index (χ3v) is 3.37. The number of amides is 1. The van der Waals surface area contributed by atoms with Gasteiger partial charge >= 0.3 is 10.2 Å². The molecule has 0 bridgehead atoms. The van der Waals surface area contributed by atoms with Crippen LogP contribution >= 0.6 is 0 Å². The van der Waals surface area contributed by atoms with Gasteiger partial charge in [0.2, 0.25) is 5.91 Å². The molecule has 0 spiro atoms. The molecule has 0 radical (unpaired) electrons. The highest BCUT2D eigenvalue weighted by Gasteiger charge is 2.18. The van der Waals surface area contributed by atoms with E-state index in [1.165, 1.54) is 18.2 Å². The van der Waals surface area contributed by atoms with Gasteiger partial charge in [-0.05, 0) is 24.3 Å². The molecule has 1 aromatic heterocycles. The summed E-state index contributed by atoms with van der Waals surface area (Å²) in [5.41, 5.74) is 0.446. The van der Waals surface area contributed by atoms with E-state index < -0.39 is 21.0 Å². The van der Waals surface area contributed by atoms with Crippen molar-refractivity contribution < 1.29 is 17.1 Å². The minimum Gasteiger partial charge on any atom is -0.324 e. The second kappa shape index (κ2) is 5.79. The van der Waals surface area contributed by atoms with Gasteiger partial charge in [0.15, 0.2) is 0 Å². The molecule has 0 fully saturated rings. The number of pyridine rings is 1. The molecule has 20 heavy (non-hydrogen) atoms. The van der Waals surface area contributed by atoms with Crippen LogP contribution in [-0.4, -0.2) is 19.3 Å². The van der Waals surface area contributed by atoms with E-state index >= 15 is 0 Å². The second-order valence-corrected chi connectivity index (χ2v) is 5.30. The van der Waals surface area contributed by atoms with Crippen LogP contribution < -0.4 is 5.32 Å². The minimum atomic E-state index is -4.88. The summed E-state index contributed by atoms with van der Waals surface area (Å²) in [5, 5.41) is 2.37. The Morgan fingerprint density at radius 1 is 1.15 bits per heavy atom. The molecule has 1 amide bonds. The van der Waals surface area contributed by atoms with Gasteiger partial charge in [-0.3, -0.25) is 9.78 Å². The summed E-state index contributed by atoms with van der Waals surface area (Å²) in [6.07, 6.45) is 1.52. The lowest BCUT2D eigenvalue weighted by Crippen LogP contribution is -2.16. The number of para-hydroxylation sites is 1. The van der Waals surface area contributed by atoms with Gasteiger partial charge in [-0.1, -0.05) is 18.2 Å². The van der Waals surface area contributed by atoms with Crippen molar-refractivity contribution in [1.82, 2.24) is 4.98 Å². The lowest BCUT2D eigenvalue weighted by Gasteiger charge is -2.07. The second-order valence-electron chi connectivity index (χ2n) is 3.98. The Kier molecular flexibility index (Phi) is 4.09. The van der Waals surface area contributed by atoms with Crippen LogP contribution in [0.25, 0.3) is 0 Å². The summed E-state index contributed by atoms with van der Waals surface area (Å²) < 4.78 is 35.0. The Morgan fingerprint density at radius 3 is 2.50 bits per heavy atom. The van der Waals surface area contributed by atoms with Crippen LogP contribution in [0.2, 0.25) is 0 Å². The van der Waals surface area contributed by atoms with Crippen molar-refractivity contribution in [2.75, 3.05) is 5.32 Å². The number of rotatable bonds is 4. The van der Waals surface area contributed by atoms with Crippen molar-refractivity contribution >= 4 is 21.8 Å². The van der Waals surface area contributed by atoms with E-state index in [4.69, 9.17) is 0 Å². The molecule has 0 aliphatic rings. The number of halogens is 1. The smallest absolute Gasteiger partial charge is 0.324 e. The van der Waals surface area contributed by atoms with E-state index in [1.807, 2.05) is 0 Å².